The average Bonchev–Trinajstić information content (AvgIpc) is 2.70. The highest BCUT2D eigenvalue weighted by atomic mass is 16.5. The molecule has 0 aromatic heterocycles. The molecule has 1 fully saturated rings. The molecule has 1 aromatic rings. The van der Waals surface area contributed by atoms with E-state index in [2.05, 4.69) is 39.2 Å². The number of piperazine rings is 1. The second-order valence-electron chi connectivity index (χ2n) is 5.99. The average molecular weight is 364 g/mol. The van der Waals surface area contributed by atoms with E-state index in [1.54, 1.807) is 14.2 Å². The summed E-state index contributed by atoms with van der Waals surface area (Å²) < 4.78 is 16.0. The van der Waals surface area contributed by atoms with Crippen LogP contribution in [0.4, 0.5) is 5.69 Å². The zero-order valence-electron chi connectivity index (χ0n) is 16.2. The molecule has 0 atom stereocenters. The Morgan fingerprint density at radius 3 is 2.54 bits per heavy atom. The molecule has 0 spiro atoms. The molecule has 0 unspecified atom stereocenters. The lowest BCUT2D eigenvalue weighted by molar-refractivity contribution is 0.0747. The molecule has 0 aliphatic carbocycles. The number of nitrogens with one attached hydrogen (secondary N) is 1. The molecular weight excluding hydrogens is 332 g/mol. The molecular formula is C19H32N4O3. The number of benzene rings is 1. The van der Waals surface area contributed by atoms with Crippen molar-refractivity contribution in [1.82, 2.24) is 10.2 Å². The molecule has 0 bridgehead atoms. The van der Waals surface area contributed by atoms with Crippen molar-refractivity contribution in [1.29, 1.82) is 0 Å². The van der Waals surface area contributed by atoms with Gasteiger partial charge < -0.3 is 29.3 Å². The predicted molar refractivity (Wildman–Crippen MR) is 105 cm³/mol. The van der Waals surface area contributed by atoms with Crippen LogP contribution in [0.25, 0.3) is 0 Å². The third kappa shape index (κ3) is 6.07. The van der Waals surface area contributed by atoms with Gasteiger partial charge in [0.1, 0.15) is 5.75 Å². The summed E-state index contributed by atoms with van der Waals surface area (Å²) in [4.78, 5) is 9.37. The molecule has 1 saturated heterocycles. The lowest BCUT2D eigenvalue weighted by atomic mass is 10.2. The van der Waals surface area contributed by atoms with Gasteiger partial charge in [0, 0.05) is 39.8 Å². The number of nitrogens with zero attached hydrogens (tertiary/aromatic N) is 3. The van der Waals surface area contributed by atoms with Gasteiger partial charge in [-0.2, -0.15) is 0 Å². The molecule has 2 rings (SSSR count). The zero-order chi connectivity index (χ0) is 18.6. The number of methoxy groups -OCH3 is 2. The highest BCUT2D eigenvalue weighted by Crippen LogP contribution is 2.28. The van der Waals surface area contributed by atoms with Crippen LogP contribution in [0.5, 0.6) is 5.75 Å². The number of para-hydroxylation sites is 2. The topological polar surface area (TPSA) is 58.6 Å². The number of rotatable bonds is 9. The van der Waals surface area contributed by atoms with Crippen molar-refractivity contribution in [3.8, 4) is 5.75 Å². The Morgan fingerprint density at radius 2 is 1.85 bits per heavy atom. The molecule has 1 N–H and O–H groups in total. The highest BCUT2D eigenvalue weighted by molar-refractivity contribution is 5.80. The van der Waals surface area contributed by atoms with Crippen molar-refractivity contribution >= 4 is 11.6 Å². The van der Waals surface area contributed by atoms with E-state index in [1.807, 2.05) is 12.1 Å². The first-order chi connectivity index (χ1) is 12.8. The third-order valence-corrected chi connectivity index (χ3v) is 4.27. The molecule has 1 heterocycles. The molecule has 1 aliphatic heterocycles. The van der Waals surface area contributed by atoms with E-state index in [1.165, 1.54) is 0 Å². The summed E-state index contributed by atoms with van der Waals surface area (Å²) >= 11 is 0. The Kier molecular flexibility index (Phi) is 9.06. The Labute approximate surface area is 156 Å². The fraction of sp³-hybridized carbons (Fsp3) is 0.632. The molecule has 7 nitrogen and oxygen atoms in total. The summed E-state index contributed by atoms with van der Waals surface area (Å²) in [5.41, 5.74) is 1.16. The van der Waals surface area contributed by atoms with E-state index in [-0.39, 0.29) is 0 Å². The van der Waals surface area contributed by atoms with Crippen molar-refractivity contribution in [3.63, 3.8) is 0 Å². The molecule has 146 valence electrons. The minimum atomic E-state index is 0.611. The molecule has 1 aliphatic rings. The maximum Gasteiger partial charge on any atom is 0.194 e. The van der Waals surface area contributed by atoms with Gasteiger partial charge in [0.2, 0.25) is 0 Å². The number of ether oxygens (including phenoxy) is 3. The zero-order valence-corrected chi connectivity index (χ0v) is 16.2. The largest absolute Gasteiger partial charge is 0.495 e. The Hall–Kier alpha value is -1.99. The summed E-state index contributed by atoms with van der Waals surface area (Å²) in [5, 5.41) is 3.38. The Balaban J connectivity index is 1.86. The van der Waals surface area contributed by atoms with Gasteiger partial charge in [-0.1, -0.05) is 12.1 Å². The van der Waals surface area contributed by atoms with Crippen LogP contribution in [0.1, 0.15) is 6.92 Å². The van der Waals surface area contributed by atoms with Gasteiger partial charge in [-0.15, -0.1) is 0 Å². The third-order valence-electron chi connectivity index (χ3n) is 4.27. The van der Waals surface area contributed by atoms with E-state index in [0.29, 0.717) is 26.4 Å². The first-order valence-electron chi connectivity index (χ1n) is 9.28. The lowest BCUT2D eigenvalue weighted by Crippen LogP contribution is -2.52. The number of guanidine groups is 1. The maximum absolute atomic E-state index is 5.49. The second-order valence-corrected chi connectivity index (χ2v) is 5.99. The van der Waals surface area contributed by atoms with Gasteiger partial charge in [0.05, 0.1) is 39.2 Å². The molecule has 0 saturated carbocycles. The fourth-order valence-electron chi connectivity index (χ4n) is 2.94. The standard InChI is InChI=1S/C19H32N4O3/c1-4-20-19(21-9-14-26-16-15-24-2)23-12-10-22(11-13-23)17-7-5-6-8-18(17)25-3/h5-8H,4,9-16H2,1-3H3,(H,20,21). The molecule has 1 aromatic carbocycles. The van der Waals surface area contributed by atoms with Crippen molar-refractivity contribution in [2.45, 2.75) is 6.92 Å². The van der Waals surface area contributed by atoms with Crippen molar-refractivity contribution < 1.29 is 14.2 Å². The van der Waals surface area contributed by atoms with Gasteiger partial charge in [0.15, 0.2) is 5.96 Å². The van der Waals surface area contributed by atoms with Crippen LogP contribution in [0.2, 0.25) is 0 Å². The Bertz CT molecular complexity index is 545. The summed E-state index contributed by atoms with van der Waals surface area (Å²) in [6, 6.07) is 8.19. The van der Waals surface area contributed by atoms with E-state index in [9.17, 15) is 0 Å². The first-order valence-corrected chi connectivity index (χ1v) is 9.28. The monoisotopic (exact) mass is 364 g/mol. The van der Waals surface area contributed by atoms with Gasteiger partial charge in [-0.3, -0.25) is 4.99 Å². The number of hydrogen-bond donors (Lipinski definition) is 1. The van der Waals surface area contributed by atoms with Crippen LogP contribution in [-0.4, -0.2) is 84.2 Å². The van der Waals surface area contributed by atoms with Gasteiger partial charge >= 0.3 is 0 Å². The van der Waals surface area contributed by atoms with Crippen molar-refractivity contribution in [3.05, 3.63) is 24.3 Å². The van der Waals surface area contributed by atoms with E-state index >= 15 is 0 Å². The first kappa shape index (κ1) is 20.3. The normalized spacial score (nSPS) is 15.3. The van der Waals surface area contributed by atoms with Gasteiger partial charge in [-0.05, 0) is 19.1 Å². The van der Waals surface area contributed by atoms with Crippen LogP contribution < -0.4 is 15.0 Å². The quantitative estimate of drug-likeness (QED) is 0.407. The van der Waals surface area contributed by atoms with E-state index < -0.39 is 0 Å². The van der Waals surface area contributed by atoms with Crippen LogP contribution in [0.3, 0.4) is 0 Å². The summed E-state index contributed by atoms with van der Waals surface area (Å²) in [6.07, 6.45) is 0. The smallest absolute Gasteiger partial charge is 0.194 e. The van der Waals surface area contributed by atoms with Crippen LogP contribution in [-0.2, 0) is 9.47 Å². The maximum atomic E-state index is 5.49. The molecule has 0 radical (unpaired) electrons. The minimum Gasteiger partial charge on any atom is -0.495 e. The number of aliphatic imine (C=N–C) groups is 1. The van der Waals surface area contributed by atoms with E-state index in [0.717, 1.165) is 50.1 Å². The minimum absolute atomic E-state index is 0.611. The van der Waals surface area contributed by atoms with Crippen LogP contribution in [0, 0.1) is 0 Å². The van der Waals surface area contributed by atoms with Gasteiger partial charge in [0.25, 0.3) is 0 Å². The lowest BCUT2D eigenvalue weighted by Gasteiger charge is -2.38. The highest BCUT2D eigenvalue weighted by Gasteiger charge is 2.21. The predicted octanol–water partition coefficient (Wildman–Crippen LogP) is 1.45. The van der Waals surface area contributed by atoms with Crippen LogP contribution >= 0.6 is 0 Å². The van der Waals surface area contributed by atoms with Gasteiger partial charge in [-0.25, -0.2) is 0 Å². The summed E-state index contributed by atoms with van der Waals surface area (Å²) in [5.74, 6) is 1.89. The Morgan fingerprint density at radius 1 is 1.08 bits per heavy atom. The molecule has 0 amide bonds. The summed E-state index contributed by atoms with van der Waals surface area (Å²) in [7, 11) is 3.40. The molecule has 7 heteroatoms. The molecule has 26 heavy (non-hydrogen) atoms. The van der Waals surface area contributed by atoms with Crippen molar-refractivity contribution in [2.75, 3.05) is 78.2 Å². The van der Waals surface area contributed by atoms with E-state index in [4.69, 9.17) is 14.2 Å². The number of anilines is 1. The second kappa shape index (κ2) is 11.6. The summed E-state index contributed by atoms with van der Waals surface area (Å²) in [6.45, 7) is 9.17. The fourth-order valence-corrected chi connectivity index (χ4v) is 2.94. The van der Waals surface area contributed by atoms with Crippen LogP contribution in [0.15, 0.2) is 29.3 Å². The van der Waals surface area contributed by atoms with Crippen molar-refractivity contribution in [2.24, 2.45) is 4.99 Å². The SMILES string of the molecule is CCNC(=NCCOCCOC)N1CCN(c2ccccc2OC)CC1. The number of hydrogen-bond acceptors (Lipinski definition) is 5.